The largest absolute Gasteiger partial charge is 0.497 e. The van der Waals surface area contributed by atoms with Gasteiger partial charge in [0.25, 0.3) is 0 Å². The van der Waals surface area contributed by atoms with Gasteiger partial charge in [0, 0.05) is 17.0 Å². The topological polar surface area (TPSA) is 72.8 Å². The molecule has 122 valence electrons. The van der Waals surface area contributed by atoms with E-state index in [9.17, 15) is 9.18 Å². The average Bonchev–Trinajstić information content (AvgIpc) is 2.94. The van der Waals surface area contributed by atoms with E-state index in [-0.39, 0.29) is 12.4 Å². The minimum atomic E-state index is -0.406. The molecule has 23 heavy (non-hydrogen) atoms. The van der Waals surface area contributed by atoms with Crippen LogP contribution in [0, 0.1) is 5.82 Å². The minimum Gasteiger partial charge on any atom is -0.497 e. The van der Waals surface area contributed by atoms with Crippen molar-refractivity contribution >= 4 is 28.7 Å². The predicted octanol–water partition coefficient (Wildman–Crippen LogP) is 2.84. The molecule has 0 saturated carbocycles. The highest BCUT2D eigenvalue weighted by Gasteiger charge is 2.07. The molecule has 0 amide bonds. The number of hydrogen-bond donors (Lipinski definition) is 1. The van der Waals surface area contributed by atoms with E-state index in [2.05, 4.69) is 15.5 Å². The number of halogens is 1. The summed E-state index contributed by atoms with van der Waals surface area (Å²) in [5.74, 6) is -0.311. The average molecular weight is 337 g/mol. The summed E-state index contributed by atoms with van der Waals surface area (Å²) in [5.41, 5.74) is 3.90. The van der Waals surface area contributed by atoms with Gasteiger partial charge in [-0.25, -0.2) is 9.37 Å². The lowest BCUT2D eigenvalue weighted by atomic mass is 10.2. The first-order valence-corrected chi connectivity index (χ1v) is 7.72. The lowest BCUT2D eigenvalue weighted by molar-refractivity contribution is -0.142. The summed E-state index contributed by atoms with van der Waals surface area (Å²) in [6.45, 7) is 2.09. The summed E-state index contributed by atoms with van der Waals surface area (Å²) < 4.78 is 23.2. The molecule has 0 bridgehead atoms. The molecule has 0 atom stereocenters. The molecule has 0 unspecified atom stereocenters. The molecule has 1 aromatic heterocycles. The Kier molecular flexibility index (Phi) is 6.04. The zero-order valence-corrected chi connectivity index (χ0v) is 13.5. The second-order valence-corrected chi connectivity index (χ2v) is 5.28. The molecular formula is C15H16FN3O3S. The van der Waals surface area contributed by atoms with Crippen LogP contribution in [0.15, 0.2) is 28.7 Å². The van der Waals surface area contributed by atoms with Crippen LogP contribution < -0.4 is 10.2 Å². The summed E-state index contributed by atoms with van der Waals surface area (Å²) in [7, 11) is 1.47. The number of hydrazone groups is 1. The van der Waals surface area contributed by atoms with Gasteiger partial charge in [-0.05, 0) is 19.1 Å². The first kappa shape index (κ1) is 16.9. The van der Waals surface area contributed by atoms with Gasteiger partial charge in [0.05, 0.1) is 32.0 Å². The Bertz CT molecular complexity index is 703. The summed E-state index contributed by atoms with van der Waals surface area (Å²) in [6, 6.07) is 4.28. The first-order chi connectivity index (χ1) is 11.1. The second kappa shape index (κ2) is 8.23. The highest BCUT2D eigenvalue weighted by Crippen LogP contribution is 2.17. The number of anilines is 1. The van der Waals surface area contributed by atoms with Gasteiger partial charge in [-0.1, -0.05) is 0 Å². The summed E-state index contributed by atoms with van der Waals surface area (Å²) in [4.78, 5) is 15.6. The van der Waals surface area contributed by atoms with E-state index in [0.29, 0.717) is 28.7 Å². The number of methoxy groups -OCH3 is 1. The number of carbonyl (C=O) groups is 1. The molecule has 0 aliphatic rings. The van der Waals surface area contributed by atoms with Gasteiger partial charge in [0.1, 0.15) is 11.6 Å². The molecule has 0 fully saturated rings. The van der Waals surface area contributed by atoms with Crippen LogP contribution in [-0.4, -0.2) is 30.9 Å². The molecule has 0 spiro atoms. The SMILES string of the molecule is CCOC(=O)Cc1csc(NN=Cc2cc(F)cc(OC)c2)n1. The van der Waals surface area contributed by atoms with Crippen molar-refractivity contribution < 1.29 is 18.7 Å². The van der Waals surface area contributed by atoms with E-state index >= 15 is 0 Å². The molecule has 2 rings (SSSR count). The van der Waals surface area contributed by atoms with Gasteiger partial charge in [-0.3, -0.25) is 10.2 Å². The molecule has 0 aliphatic carbocycles. The fourth-order valence-electron chi connectivity index (χ4n) is 1.74. The number of hydrogen-bond acceptors (Lipinski definition) is 7. The summed E-state index contributed by atoms with van der Waals surface area (Å²) >= 11 is 1.31. The van der Waals surface area contributed by atoms with Gasteiger partial charge in [0.2, 0.25) is 5.13 Å². The maximum atomic E-state index is 13.3. The summed E-state index contributed by atoms with van der Waals surface area (Å²) in [6.07, 6.45) is 1.58. The van der Waals surface area contributed by atoms with Crippen LogP contribution in [-0.2, 0) is 16.0 Å². The molecule has 0 saturated heterocycles. The van der Waals surface area contributed by atoms with Gasteiger partial charge in [0.15, 0.2) is 0 Å². The van der Waals surface area contributed by atoms with Crippen molar-refractivity contribution in [3.05, 3.63) is 40.7 Å². The van der Waals surface area contributed by atoms with Crippen molar-refractivity contribution in [1.82, 2.24) is 4.98 Å². The number of thiazole rings is 1. The molecule has 1 N–H and O–H groups in total. The van der Waals surface area contributed by atoms with Crippen LogP contribution in [0.5, 0.6) is 5.75 Å². The Morgan fingerprint density at radius 1 is 1.48 bits per heavy atom. The smallest absolute Gasteiger partial charge is 0.311 e. The molecular weight excluding hydrogens is 321 g/mol. The van der Waals surface area contributed by atoms with Crippen molar-refractivity contribution in [2.45, 2.75) is 13.3 Å². The molecule has 1 heterocycles. The van der Waals surface area contributed by atoms with E-state index in [1.54, 1.807) is 18.4 Å². The molecule has 2 aromatic rings. The monoisotopic (exact) mass is 337 g/mol. The van der Waals surface area contributed by atoms with Crippen LogP contribution in [0.3, 0.4) is 0 Å². The van der Waals surface area contributed by atoms with E-state index in [1.165, 1.54) is 36.8 Å². The van der Waals surface area contributed by atoms with Crippen molar-refractivity contribution in [3.8, 4) is 5.75 Å². The van der Waals surface area contributed by atoms with Crippen LogP contribution in [0.25, 0.3) is 0 Å². The third kappa shape index (κ3) is 5.33. The van der Waals surface area contributed by atoms with E-state index in [0.717, 1.165) is 0 Å². The standard InChI is InChI=1S/C15H16FN3O3S/c1-3-22-14(20)7-12-9-23-15(18-12)19-17-8-10-4-11(16)6-13(5-10)21-2/h4-6,8-9H,3,7H2,1-2H3,(H,18,19). The number of esters is 1. The van der Waals surface area contributed by atoms with Gasteiger partial charge >= 0.3 is 5.97 Å². The van der Waals surface area contributed by atoms with Crippen LogP contribution in [0.1, 0.15) is 18.2 Å². The minimum absolute atomic E-state index is 0.122. The Labute approximate surface area is 137 Å². The van der Waals surface area contributed by atoms with Crippen molar-refractivity contribution in [3.63, 3.8) is 0 Å². The van der Waals surface area contributed by atoms with Crippen molar-refractivity contribution in [1.29, 1.82) is 0 Å². The Balaban J connectivity index is 1.94. The van der Waals surface area contributed by atoms with E-state index in [4.69, 9.17) is 9.47 Å². The molecule has 0 radical (unpaired) electrons. The predicted molar refractivity (Wildman–Crippen MR) is 86.6 cm³/mol. The van der Waals surface area contributed by atoms with Gasteiger partial charge < -0.3 is 9.47 Å². The maximum Gasteiger partial charge on any atom is 0.311 e. The Morgan fingerprint density at radius 2 is 2.30 bits per heavy atom. The van der Waals surface area contributed by atoms with E-state index in [1.807, 2.05) is 0 Å². The van der Waals surface area contributed by atoms with Crippen LogP contribution in [0.2, 0.25) is 0 Å². The number of aromatic nitrogens is 1. The first-order valence-electron chi connectivity index (χ1n) is 6.84. The lowest BCUT2D eigenvalue weighted by Gasteiger charge is -2.01. The number of ether oxygens (including phenoxy) is 2. The Hall–Kier alpha value is -2.48. The highest BCUT2D eigenvalue weighted by atomic mass is 32.1. The highest BCUT2D eigenvalue weighted by molar-refractivity contribution is 7.13. The van der Waals surface area contributed by atoms with Gasteiger partial charge in [-0.15, -0.1) is 11.3 Å². The fraction of sp³-hybridized carbons (Fsp3) is 0.267. The molecule has 0 aliphatic heterocycles. The molecule has 1 aromatic carbocycles. The van der Waals surface area contributed by atoms with Crippen LogP contribution >= 0.6 is 11.3 Å². The lowest BCUT2D eigenvalue weighted by Crippen LogP contribution is -2.07. The quantitative estimate of drug-likeness (QED) is 0.478. The number of rotatable bonds is 7. The van der Waals surface area contributed by atoms with Crippen LogP contribution in [0.4, 0.5) is 9.52 Å². The fourth-order valence-corrected chi connectivity index (χ4v) is 2.40. The maximum absolute atomic E-state index is 13.3. The normalized spacial score (nSPS) is 10.7. The van der Waals surface area contributed by atoms with Crippen molar-refractivity contribution in [2.75, 3.05) is 19.1 Å². The summed E-state index contributed by atoms with van der Waals surface area (Å²) in [5, 5.41) is 6.27. The van der Waals surface area contributed by atoms with Gasteiger partial charge in [-0.2, -0.15) is 5.10 Å². The molecule has 6 nitrogen and oxygen atoms in total. The number of nitrogens with zero attached hydrogens (tertiary/aromatic N) is 2. The zero-order valence-electron chi connectivity index (χ0n) is 12.7. The third-order valence-electron chi connectivity index (χ3n) is 2.69. The zero-order chi connectivity index (χ0) is 16.7. The third-order valence-corrected chi connectivity index (χ3v) is 3.48. The number of carbonyl (C=O) groups excluding carboxylic acids is 1. The Morgan fingerprint density at radius 3 is 3.04 bits per heavy atom. The molecule has 8 heteroatoms. The number of nitrogens with one attached hydrogen (secondary N) is 1. The van der Waals surface area contributed by atoms with Crippen molar-refractivity contribution in [2.24, 2.45) is 5.10 Å². The van der Waals surface area contributed by atoms with E-state index < -0.39 is 5.82 Å². The number of benzene rings is 1. The second-order valence-electron chi connectivity index (χ2n) is 4.42.